The molecule has 0 unspecified atom stereocenters. The molecule has 35 heavy (non-hydrogen) atoms. The molecule has 9 heteroatoms. The summed E-state index contributed by atoms with van der Waals surface area (Å²) in [7, 11) is 0. The summed E-state index contributed by atoms with van der Waals surface area (Å²) in [5.41, 5.74) is 0.445. The van der Waals surface area contributed by atoms with Gasteiger partial charge in [0.1, 0.15) is 17.1 Å². The van der Waals surface area contributed by atoms with Crippen molar-refractivity contribution < 1.29 is 18.9 Å². The molecule has 8 nitrogen and oxygen atoms in total. The van der Waals surface area contributed by atoms with Crippen molar-refractivity contribution >= 4 is 23.1 Å². The number of nitro groups is 1. The van der Waals surface area contributed by atoms with Gasteiger partial charge in [0.15, 0.2) is 5.78 Å². The Balaban J connectivity index is 1.60. The molecule has 1 aromatic heterocycles. The van der Waals surface area contributed by atoms with Crippen molar-refractivity contribution in [3.8, 4) is 0 Å². The number of hydrogen-bond donors (Lipinski definition) is 1. The summed E-state index contributed by atoms with van der Waals surface area (Å²) < 4.78 is 14.5. The zero-order valence-corrected chi connectivity index (χ0v) is 18.6. The first-order valence-electron chi connectivity index (χ1n) is 11.5. The van der Waals surface area contributed by atoms with E-state index >= 15 is 0 Å². The number of Topliss-reactive ketones (excluding diaryl/α,β-unsaturated/α-hetero) is 1. The number of nitrogens with one attached hydrogen (secondary N) is 1. The zero-order valence-electron chi connectivity index (χ0n) is 18.6. The third-order valence-corrected chi connectivity index (χ3v) is 7.65. The van der Waals surface area contributed by atoms with Crippen molar-refractivity contribution in [1.82, 2.24) is 9.88 Å². The van der Waals surface area contributed by atoms with E-state index in [1.165, 1.54) is 36.5 Å². The monoisotopic (exact) mass is 472 g/mol. The van der Waals surface area contributed by atoms with Gasteiger partial charge in [0, 0.05) is 41.5 Å². The molecule has 2 saturated heterocycles. The highest BCUT2D eigenvalue weighted by Crippen LogP contribution is 2.61. The standard InChI is InChI=1S/C26H21FN4O4/c27-16-8-11-19-18(14-16)26(25(33)29-19)23(24(32)20-4-1-2-12-28-20)22(21-5-3-13-30(21)26)15-6-9-17(10-7-15)31(34)35/h1-2,4,6-12,14,21-23H,3,5,13H2,(H,29,33)/t21-,22+,23-,26+/m0/s1. The summed E-state index contributed by atoms with van der Waals surface area (Å²) in [4.78, 5) is 45.1. The molecule has 3 aliphatic heterocycles. The van der Waals surface area contributed by atoms with E-state index in [0.29, 0.717) is 17.8 Å². The van der Waals surface area contributed by atoms with E-state index in [1.807, 2.05) is 4.90 Å². The van der Waals surface area contributed by atoms with Crippen LogP contribution in [0.1, 0.15) is 40.4 Å². The first-order chi connectivity index (χ1) is 16.9. The van der Waals surface area contributed by atoms with Crippen LogP contribution in [0.15, 0.2) is 66.9 Å². The molecule has 4 atom stereocenters. The average molecular weight is 472 g/mol. The second-order valence-electron chi connectivity index (χ2n) is 9.24. The third-order valence-electron chi connectivity index (χ3n) is 7.65. The maximum absolute atomic E-state index is 14.5. The van der Waals surface area contributed by atoms with Crippen molar-refractivity contribution in [3.63, 3.8) is 0 Å². The number of carbonyl (C=O) groups excluding carboxylic acids is 2. The minimum atomic E-state index is -1.40. The number of nitro benzene ring substituents is 1. The first kappa shape index (κ1) is 21.5. The lowest BCUT2D eigenvalue weighted by Gasteiger charge is -2.36. The van der Waals surface area contributed by atoms with Crippen LogP contribution in [0.25, 0.3) is 0 Å². The van der Waals surface area contributed by atoms with Crippen LogP contribution in [0, 0.1) is 21.8 Å². The van der Waals surface area contributed by atoms with Crippen LogP contribution in [0.2, 0.25) is 0 Å². The van der Waals surface area contributed by atoms with Gasteiger partial charge in [-0.1, -0.05) is 18.2 Å². The SMILES string of the molecule is O=C(c1ccccn1)[C@@H]1[C@H](c2ccc([N+](=O)[O-])cc2)[C@@H]2CCCN2[C@@]12C(=O)Nc1ccc(F)cc12. The molecule has 1 amide bonds. The van der Waals surface area contributed by atoms with Crippen molar-refractivity contribution in [2.75, 3.05) is 11.9 Å². The number of amides is 1. The number of nitrogens with zero attached hydrogens (tertiary/aromatic N) is 3. The Hall–Kier alpha value is -3.98. The molecule has 0 bridgehead atoms. The largest absolute Gasteiger partial charge is 0.324 e. The van der Waals surface area contributed by atoms with Gasteiger partial charge in [0.05, 0.1) is 10.8 Å². The summed E-state index contributed by atoms with van der Waals surface area (Å²) in [6.07, 6.45) is 3.09. The minimum Gasteiger partial charge on any atom is -0.324 e. The molecule has 176 valence electrons. The second kappa shape index (κ2) is 7.78. The number of ketones is 1. The number of rotatable bonds is 4. The fraction of sp³-hybridized carbons (Fsp3) is 0.269. The molecule has 0 radical (unpaired) electrons. The number of aromatic nitrogens is 1. The lowest BCUT2D eigenvalue weighted by atomic mass is 9.69. The van der Waals surface area contributed by atoms with E-state index < -0.39 is 28.1 Å². The molecule has 1 N–H and O–H groups in total. The Kier molecular flexibility index (Phi) is 4.79. The molecule has 0 aliphatic carbocycles. The van der Waals surface area contributed by atoms with Crippen LogP contribution >= 0.6 is 0 Å². The number of hydrogen-bond acceptors (Lipinski definition) is 6. The maximum Gasteiger partial charge on any atom is 0.269 e. The van der Waals surface area contributed by atoms with Crippen LogP contribution in [0.5, 0.6) is 0 Å². The van der Waals surface area contributed by atoms with Gasteiger partial charge in [0.2, 0.25) is 5.91 Å². The summed E-state index contributed by atoms with van der Waals surface area (Å²) in [6, 6.07) is 15.2. The highest BCUT2D eigenvalue weighted by molar-refractivity contribution is 6.12. The van der Waals surface area contributed by atoms with Crippen molar-refractivity contribution in [3.05, 3.63) is 99.6 Å². The molecule has 2 fully saturated rings. The van der Waals surface area contributed by atoms with Gasteiger partial charge < -0.3 is 5.32 Å². The van der Waals surface area contributed by atoms with Gasteiger partial charge in [-0.05, 0) is 55.3 Å². The van der Waals surface area contributed by atoms with Gasteiger partial charge in [-0.15, -0.1) is 0 Å². The lowest BCUT2D eigenvalue weighted by molar-refractivity contribution is -0.384. The Morgan fingerprint density at radius 3 is 2.69 bits per heavy atom. The van der Waals surface area contributed by atoms with Crippen molar-refractivity contribution in [2.24, 2.45) is 5.92 Å². The third kappa shape index (κ3) is 2.97. The van der Waals surface area contributed by atoms with Crippen LogP contribution < -0.4 is 5.32 Å². The second-order valence-corrected chi connectivity index (χ2v) is 9.24. The molecular formula is C26H21FN4O4. The molecule has 1 spiro atoms. The van der Waals surface area contributed by atoms with E-state index in [4.69, 9.17) is 0 Å². The molecular weight excluding hydrogens is 451 g/mol. The highest BCUT2D eigenvalue weighted by Gasteiger charge is 2.69. The number of fused-ring (bicyclic) bond motifs is 4. The number of halogens is 1. The minimum absolute atomic E-state index is 0.0524. The van der Waals surface area contributed by atoms with E-state index in [0.717, 1.165) is 18.4 Å². The quantitative estimate of drug-likeness (QED) is 0.349. The van der Waals surface area contributed by atoms with Gasteiger partial charge in [-0.3, -0.25) is 29.6 Å². The molecule has 3 aromatic rings. The summed E-state index contributed by atoms with van der Waals surface area (Å²) in [5.74, 6) is -2.49. The highest BCUT2D eigenvalue weighted by atomic mass is 19.1. The topological polar surface area (TPSA) is 105 Å². The fourth-order valence-corrected chi connectivity index (χ4v) is 6.39. The van der Waals surface area contributed by atoms with Gasteiger partial charge in [0.25, 0.3) is 5.69 Å². The Labute approximate surface area is 199 Å². The van der Waals surface area contributed by atoms with Gasteiger partial charge >= 0.3 is 0 Å². The van der Waals surface area contributed by atoms with E-state index in [1.54, 1.807) is 30.3 Å². The maximum atomic E-state index is 14.5. The number of carbonyl (C=O) groups is 2. The predicted octanol–water partition coefficient (Wildman–Crippen LogP) is 4.04. The number of non-ortho nitro benzene ring substituents is 1. The van der Waals surface area contributed by atoms with Crippen LogP contribution in [0.3, 0.4) is 0 Å². The average Bonchev–Trinajstić information content (AvgIpc) is 3.53. The summed E-state index contributed by atoms with van der Waals surface area (Å²) in [5, 5.41) is 14.1. The molecule has 3 aliphatic rings. The van der Waals surface area contributed by atoms with Gasteiger partial charge in [-0.2, -0.15) is 0 Å². The molecule has 6 rings (SSSR count). The number of benzene rings is 2. The Bertz CT molecular complexity index is 1360. The van der Waals surface area contributed by atoms with Crippen LogP contribution in [-0.4, -0.2) is 39.1 Å². The summed E-state index contributed by atoms with van der Waals surface area (Å²) >= 11 is 0. The predicted molar refractivity (Wildman–Crippen MR) is 124 cm³/mol. The lowest BCUT2D eigenvalue weighted by Crippen LogP contribution is -2.53. The Morgan fingerprint density at radius 1 is 1.17 bits per heavy atom. The summed E-state index contributed by atoms with van der Waals surface area (Å²) in [6.45, 7) is 0.573. The van der Waals surface area contributed by atoms with E-state index in [-0.39, 0.29) is 29.1 Å². The van der Waals surface area contributed by atoms with Crippen LogP contribution in [-0.2, 0) is 10.3 Å². The van der Waals surface area contributed by atoms with Gasteiger partial charge in [-0.25, -0.2) is 4.39 Å². The normalized spacial score (nSPS) is 27.0. The Morgan fingerprint density at radius 2 is 1.97 bits per heavy atom. The fourth-order valence-electron chi connectivity index (χ4n) is 6.39. The van der Waals surface area contributed by atoms with E-state index in [2.05, 4.69) is 10.3 Å². The van der Waals surface area contributed by atoms with E-state index in [9.17, 15) is 24.1 Å². The smallest absolute Gasteiger partial charge is 0.269 e. The van der Waals surface area contributed by atoms with Crippen molar-refractivity contribution in [2.45, 2.75) is 30.3 Å². The zero-order chi connectivity index (χ0) is 24.3. The van der Waals surface area contributed by atoms with Crippen molar-refractivity contribution in [1.29, 1.82) is 0 Å². The number of anilines is 1. The molecule has 2 aromatic carbocycles. The number of pyridine rings is 1. The molecule has 0 saturated carbocycles. The first-order valence-corrected chi connectivity index (χ1v) is 11.5. The molecule has 4 heterocycles. The van der Waals surface area contributed by atoms with Crippen LogP contribution in [0.4, 0.5) is 15.8 Å².